The molecule has 0 saturated carbocycles. The molecular weight excluding hydrogens is 99.0 g/mol. The van der Waals surface area contributed by atoms with Crippen LogP contribution in [0, 0.1) is 7.05 Å². The Bertz CT molecular complexity index is 113. The van der Waals surface area contributed by atoms with Gasteiger partial charge in [0.25, 0.3) is 0 Å². The van der Waals surface area contributed by atoms with E-state index in [2.05, 4.69) is 12.0 Å². The van der Waals surface area contributed by atoms with E-state index in [1.165, 1.54) is 0 Å². The third-order valence-electron chi connectivity index (χ3n) is 0.559. The summed E-state index contributed by atoms with van der Waals surface area (Å²) < 4.78 is 1.64. The Morgan fingerprint density at radius 3 is 2.43 bits per heavy atom. The van der Waals surface area contributed by atoms with E-state index in [0.29, 0.717) is 0 Å². The van der Waals surface area contributed by atoms with Crippen LogP contribution in [0.25, 0.3) is 0 Å². The summed E-state index contributed by atoms with van der Waals surface area (Å²) in [7, 11) is 3.53. The Kier molecular flexibility index (Phi) is 3.17. The molecule has 1 rings (SSSR count). The van der Waals surface area contributed by atoms with Gasteiger partial charge in [-0.15, -0.1) is 7.05 Å². The monoisotopic (exact) mass is 104 g/mol. The molecule has 1 aromatic rings. The van der Waals surface area contributed by atoms with Crippen molar-refractivity contribution >= 4 is 0 Å². The van der Waals surface area contributed by atoms with Crippen LogP contribution in [0.3, 0.4) is 0 Å². The molecule has 0 bridgehead atoms. The van der Waals surface area contributed by atoms with Crippen molar-refractivity contribution in [3.05, 3.63) is 25.8 Å². The third kappa shape index (κ3) is 2.02. The smallest absolute Gasteiger partial charge is 0.477 e. The standard InChI is InChI=1S/C4H5N2.Na/c1-6-3-2-5-4-6;/h2-4H,1H2;/q-1;+1. The zero-order valence-electron chi connectivity index (χ0n) is 4.33. The van der Waals surface area contributed by atoms with E-state index < -0.39 is 0 Å². The van der Waals surface area contributed by atoms with Crippen molar-refractivity contribution in [3.8, 4) is 0 Å². The zero-order chi connectivity index (χ0) is 4.41. The molecule has 0 N–H and O–H groups in total. The average Bonchev–Trinajstić information content (AvgIpc) is 1.86. The first-order chi connectivity index (χ1) is 2.89. The van der Waals surface area contributed by atoms with Crippen molar-refractivity contribution in [2.45, 2.75) is 0 Å². The maximum absolute atomic E-state index is 3.72. The number of hydrogen-bond donors (Lipinski definition) is 0. The van der Waals surface area contributed by atoms with Crippen molar-refractivity contribution in [1.29, 1.82) is 0 Å². The minimum Gasteiger partial charge on any atom is -0.477 e. The summed E-state index contributed by atoms with van der Waals surface area (Å²) in [5, 5.41) is 0. The fourth-order valence-corrected chi connectivity index (χ4v) is 0.287. The third-order valence-corrected chi connectivity index (χ3v) is 0.559. The maximum atomic E-state index is 3.72. The van der Waals surface area contributed by atoms with Gasteiger partial charge in [-0.3, -0.25) is 0 Å². The average molecular weight is 104 g/mol. The number of nitrogens with zero attached hydrogens (tertiary/aromatic N) is 2. The first kappa shape index (κ1) is 7.08. The zero-order valence-corrected chi connectivity index (χ0v) is 6.33. The van der Waals surface area contributed by atoms with E-state index in [-0.39, 0.29) is 29.6 Å². The molecule has 0 unspecified atom stereocenters. The van der Waals surface area contributed by atoms with Crippen LogP contribution >= 0.6 is 0 Å². The Morgan fingerprint density at radius 1 is 1.57 bits per heavy atom. The Hall–Kier alpha value is 0.0800. The maximum Gasteiger partial charge on any atom is 1.00 e. The molecule has 3 heteroatoms. The Morgan fingerprint density at radius 2 is 2.29 bits per heavy atom. The van der Waals surface area contributed by atoms with Gasteiger partial charge in [0.2, 0.25) is 0 Å². The molecule has 1 heterocycles. The van der Waals surface area contributed by atoms with Crippen molar-refractivity contribution in [1.82, 2.24) is 9.55 Å². The van der Waals surface area contributed by atoms with Crippen LogP contribution in [0.15, 0.2) is 18.7 Å². The molecule has 0 fully saturated rings. The number of imidazole rings is 1. The second-order valence-corrected chi connectivity index (χ2v) is 1.08. The fourth-order valence-electron chi connectivity index (χ4n) is 0.287. The van der Waals surface area contributed by atoms with E-state index in [9.17, 15) is 0 Å². The van der Waals surface area contributed by atoms with Gasteiger partial charge in [-0.25, -0.2) is 0 Å². The largest absolute Gasteiger partial charge is 1.00 e. The van der Waals surface area contributed by atoms with E-state index in [1.807, 2.05) is 0 Å². The summed E-state index contributed by atoms with van der Waals surface area (Å²) in [5.74, 6) is 0. The van der Waals surface area contributed by atoms with Gasteiger partial charge in [0.05, 0.1) is 0 Å². The fraction of sp³-hybridized carbons (Fsp3) is 0. The molecule has 0 aliphatic carbocycles. The molecule has 0 aromatic carbocycles. The summed E-state index contributed by atoms with van der Waals surface area (Å²) in [5.41, 5.74) is 0. The molecule has 0 radical (unpaired) electrons. The van der Waals surface area contributed by atoms with E-state index in [0.717, 1.165) is 0 Å². The number of hydrogen-bond acceptors (Lipinski definition) is 1. The molecule has 1 aromatic heterocycles. The van der Waals surface area contributed by atoms with Crippen LogP contribution in [0.2, 0.25) is 0 Å². The van der Waals surface area contributed by atoms with Gasteiger partial charge >= 0.3 is 29.6 Å². The molecular formula is C4H5N2Na. The van der Waals surface area contributed by atoms with E-state index in [4.69, 9.17) is 0 Å². The summed E-state index contributed by atoms with van der Waals surface area (Å²) >= 11 is 0. The molecule has 0 atom stereocenters. The second-order valence-electron chi connectivity index (χ2n) is 1.08. The quantitative estimate of drug-likeness (QED) is 0.263. The van der Waals surface area contributed by atoms with Crippen LogP contribution in [-0.4, -0.2) is 9.55 Å². The van der Waals surface area contributed by atoms with Crippen molar-refractivity contribution in [3.63, 3.8) is 0 Å². The normalized spacial score (nSPS) is 7.43. The van der Waals surface area contributed by atoms with Crippen LogP contribution in [-0.2, 0) is 0 Å². The van der Waals surface area contributed by atoms with Crippen LogP contribution in [0.1, 0.15) is 0 Å². The summed E-state index contributed by atoms with van der Waals surface area (Å²) in [6.45, 7) is 0. The molecule has 0 saturated heterocycles. The van der Waals surface area contributed by atoms with E-state index in [1.54, 1.807) is 23.3 Å². The first-order valence-corrected chi connectivity index (χ1v) is 1.68. The molecule has 2 nitrogen and oxygen atoms in total. The van der Waals surface area contributed by atoms with Crippen LogP contribution in [0.4, 0.5) is 0 Å². The minimum absolute atomic E-state index is 0. The number of aromatic nitrogens is 2. The van der Waals surface area contributed by atoms with Gasteiger partial charge in [-0.05, 0) is 12.5 Å². The predicted octanol–water partition coefficient (Wildman–Crippen LogP) is -2.47. The van der Waals surface area contributed by atoms with Crippen molar-refractivity contribution in [2.24, 2.45) is 0 Å². The molecule has 7 heavy (non-hydrogen) atoms. The Balaban J connectivity index is 0.000000360. The molecule has 32 valence electrons. The SMILES string of the molecule is [CH2-]n1ccnc1.[Na+]. The van der Waals surface area contributed by atoms with Gasteiger partial charge in [0.1, 0.15) is 0 Å². The van der Waals surface area contributed by atoms with Gasteiger partial charge in [-0.1, -0.05) is 6.20 Å². The van der Waals surface area contributed by atoms with Gasteiger partial charge in [0, 0.05) is 0 Å². The Labute approximate surface area is 64.8 Å². The summed E-state index contributed by atoms with van der Waals surface area (Å²) in [6.07, 6.45) is 5.10. The molecule has 0 aliphatic rings. The van der Waals surface area contributed by atoms with Gasteiger partial charge in [-0.2, -0.15) is 0 Å². The van der Waals surface area contributed by atoms with Gasteiger partial charge in [0.15, 0.2) is 0 Å². The van der Waals surface area contributed by atoms with E-state index >= 15 is 0 Å². The molecule has 0 spiro atoms. The molecule has 0 amide bonds. The predicted molar refractivity (Wildman–Crippen MR) is 23.0 cm³/mol. The number of rotatable bonds is 0. The van der Waals surface area contributed by atoms with Crippen molar-refractivity contribution < 1.29 is 29.6 Å². The second kappa shape index (κ2) is 3.13. The van der Waals surface area contributed by atoms with Crippen molar-refractivity contribution in [2.75, 3.05) is 0 Å². The van der Waals surface area contributed by atoms with Gasteiger partial charge < -0.3 is 9.55 Å². The topological polar surface area (TPSA) is 17.8 Å². The summed E-state index contributed by atoms with van der Waals surface area (Å²) in [6, 6.07) is 0. The first-order valence-electron chi connectivity index (χ1n) is 1.68. The molecule has 0 aliphatic heterocycles. The van der Waals surface area contributed by atoms with Crippen LogP contribution in [0.5, 0.6) is 0 Å². The minimum atomic E-state index is 0. The van der Waals surface area contributed by atoms with Crippen LogP contribution < -0.4 is 29.6 Å². The summed E-state index contributed by atoms with van der Waals surface area (Å²) in [4.78, 5) is 3.72.